The molecule has 0 saturated carbocycles. The van der Waals surface area contributed by atoms with Gasteiger partial charge in [-0.15, -0.1) is 0 Å². The van der Waals surface area contributed by atoms with Crippen LogP contribution in [0.1, 0.15) is 243 Å². The van der Waals surface area contributed by atoms with Gasteiger partial charge in [-0.3, -0.25) is 0 Å². The third-order valence-electron chi connectivity index (χ3n) is 12.6. The standard InChI is InChI=1S/C49H82BClO2/c1-3-5-7-9-11-13-15-17-19-21-23-25-27-29-31-33-39-49(40-34-32-30-28-26-24-22-20-18-16-14-12-10-8-6-4-2)47-41-43(50(52)53)35-37-45(47)46-38-36-44(51)42-48(46)49/h35-38,41-42,52-53H,3-34,39-40H2,1-2H3. The first-order chi connectivity index (χ1) is 26.0. The first-order valence-corrected chi connectivity index (χ1v) is 23.7. The van der Waals surface area contributed by atoms with Crippen LogP contribution in [-0.4, -0.2) is 17.2 Å². The monoisotopic (exact) mass is 749 g/mol. The summed E-state index contributed by atoms with van der Waals surface area (Å²) < 4.78 is 0. The maximum absolute atomic E-state index is 10.2. The first-order valence-electron chi connectivity index (χ1n) is 23.3. The Morgan fingerprint density at radius 3 is 1.06 bits per heavy atom. The van der Waals surface area contributed by atoms with Crippen LogP contribution in [0.3, 0.4) is 0 Å². The van der Waals surface area contributed by atoms with Crippen LogP contribution in [0.5, 0.6) is 0 Å². The highest BCUT2D eigenvalue weighted by Crippen LogP contribution is 2.54. The summed E-state index contributed by atoms with van der Waals surface area (Å²) in [5.74, 6) is 0. The Morgan fingerprint density at radius 1 is 0.415 bits per heavy atom. The van der Waals surface area contributed by atoms with E-state index in [1.165, 1.54) is 228 Å². The molecule has 0 spiro atoms. The molecule has 0 bridgehead atoms. The summed E-state index contributed by atoms with van der Waals surface area (Å²) in [7, 11) is -1.45. The van der Waals surface area contributed by atoms with Gasteiger partial charge in [0.1, 0.15) is 0 Å². The van der Waals surface area contributed by atoms with Crippen LogP contribution in [0.4, 0.5) is 0 Å². The van der Waals surface area contributed by atoms with Gasteiger partial charge in [0, 0.05) is 10.4 Å². The number of halogens is 1. The van der Waals surface area contributed by atoms with Gasteiger partial charge in [0.2, 0.25) is 0 Å². The molecule has 2 aromatic rings. The molecule has 300 valence electrons. The molecule has 0 amide bonds. The molecule has 53 heavy (non-hydrogen) atoms. The molecule has 0 heterocycles. The van der Waals surface area contributed by atoms with E-state index < -0.39 is 7.12 Å². The van der Waals surface area contributed by atoms with Crippen molar-refractivity contribution in [2.75, 3.05) is 0 Å². The zero-order valence-corrected chi connectivity index (χ0v) is 35.6. The topological polar surface area (TPSA) is 40.5 Å². The average Bonchev–Trinajstić information content (AvgIpc) is 3.42. The van der Waals surface area contributed by atoms with Crippen LogP contribution in [0.15, 0.2) is 36.4 Å². The Balaban J connectivity index is 1.42. The van der Waals surface area contributed by atoms with Crippen molar-refractivity contribution < 1.29 is 10.0 Å². The summed E-state index contributed by atoms with van der Waals surface area (Å²) in [6, 6.07) is 12.6. The molecule has 0 saturated heterocycles. The van der Waals surface area contributed by atoms with Crippen molar-refractivity contribution >= 4 is 24.2 Å². The lowest BCUT2D eigenvalue weighted by molar-refractivity contribution is 0.396. The van der Waals surface area contributed by atoms with Crippen molar-refractivity contribution in [2.24, 2.45) is 0 Å². The molecule has 0 aliphatic heterocycles. The van der Waals surface area contributed by atoms with E-state index in [2.05, 4.69) is 38.1 Å². The second-order valence-corrected chi connectivity index (χ2v) is 17.5. The van der Waals surface area contributed by atoms with Gasteiger partial charge in [0.15, 0.2) is 0 Å². The largest absolute Gasteiger partial charge is 0.488 e. The normalized spacial score (nSPS) is 13.1. The van der Waals surface area contributed by atoms with Crippen LogP contribution in [0.2, 0.25) is 5.02 Å². The number of rotatable bonds is 35. The summed E-state index contributed by atoms with van der Waals surface area (Å²) in [4.78, 5) is 0. The molecule has 0 atom stereocenters. The van der Waals surface area contributed by atoms with Crippen molar-refractivity contribution in [3.63, 3.8) is 0 Å². The Morgan fingerprint density at radius 2 is 0.717 bits per heavy atom. The fraction of sp³-hybridized carbons (Fsp3) is 0.755. The van der Waals surface area contributed by atoms with Gasteiger partial charge in [-0.2, -0.15) is 0 Å². The summed E-state index contributed by atoms with van der Waals surface area (Å²) in [6.07, 6.45) is 46.4. The summed E-state index contributed by atoms with van der Waals surface area (Å²) in [5.41, 5.74) is 5.71. The molecule has 2 nitrogen and oxygen atoms in total. The fourth-order valence-electron chi connectivity index (χ4n) is 9.26. The lowest BCUT2D eigenvalue weighted by Crippen LogP contribution is -2.32. The average molecular weight is 749 g/mol. The molecule has 1 aliphatic rings. The molecule has 0 fully saturated rings. The van der Waals surface area contributed by atoms with Gasteiger partial charge in [0.25, 0.3) is 0 Å². The number of fused-ring (bicyclic) bond motifs is 3. The zero-order chi connectivity index (χ0) is 37.8. The van der Waals surface area contributed by atoms with Gasteiger partial charge in [-0.25, -0.2) is 0 Å². The van der Waals surface area contributed by atoms with Crippen molar-refractivity contribution in [3.05, 3.63) is 52.5 Å². The van der Waals surface area contributed by atoms with Gasteiger partial charge in [0.05, 0.1) is 0 Å². The quantitative estimate of drug-likeness (QED) is 0.0544. The minimum atomic E-state index is -1.45. The minimum absolute atomic E-state index is 0.105. The number of hydrogen-bond donors (Lipinski definition) is 2. The fourth-order valence-corrected chi connectivity index (χ4v) is 9.43. The molecule has 2 aromatic carbocycles. The predicted octanol–water partition coefficient (Wildman–Crippen LogP) is 15.6. The highest BCUT2D eigenvalue weighted by Gasteiger charge is 2.42. The minimum Gasteiger partial charge on any atom is -0.423 e. The molecule has 1 aliphatic carbocycles. The highest BCUT2D eigenvalue weighted by atomic mass is 35.5. The van der Waals surface area contributed by atoms with E-state index >= 15 is 0 Å². The molecular formula is C49H82BClO2. The molecule has 2 N–H and O–H groups in total. The van der Waals surface area contributed by atoms with Crippen molar-refractivity contribution in [1.29, 1.82) is 0 Å². The molecular weight excluding hydrogens is 667 g/mol. The van der Waals surface area contributed by atoms with E-state index in [-0.39, 0.29) is 5.41 Å². The SMILES string of the molecule is CCCCCCCCCCCCCCCCCCC1(CCCCCCCCCCCCCCCCCC)c2cc(Cl)ccc2-c2ccc(B(O)O)cc21. The van der Waals surface area contributed by atoms with Crippen molar-refractivity contribution in [3.8, 4) is 11.1 Å². The van der Waals surface area contributed by atoms with Crippen LogP contribution in [0, 0.1) is 0 Å². The van der Waals surface area contributed by atoms with Crippen LogP contribution in [0.25, 0.3) is 11.1 Å². The van der Waals surface area contributed by atoms with E-state index in [0.717, 1.165) is 17.9 Å². The lowest BCUT2D eigenvalue weighted by Gasteiger charge is -2.33. The van der Waals surface area contributed by atoms with Gasteiger partial charge >= 0.3 is 7.12 Å². The highest BCUT2D eigenvalue weighted by molar-refractivity contribution is 6.58. The Labute approximate surface area is 334 Å². The maximum Gasteiger partial charge on any atom is 0.488 e. The van der Waals surface area contributed by atoms with E-state index in [0.29, 0.717) is 5.46 Å². The van der Waals surface area contributed by atoms with Crippen molar-refractivity contribution in [2.45, 2.75) is 238 Å². The van der Waals surface area contributed by atoms with E-state index in [1.54, 1.807) is 0 Å². The number of unbranched alkanes of at least 4 members (excludes halogenated alkanes) is 30. The summed E-state index contributed by atoms with van der Waals surface area (Å²) in [5, 5.41) is 21.1. The van der Waals surface area contributed by atoms with Gasteiger partial charge in [-0.05, 0) is 52.7 Å². The number of hydrogen-bond acceptors (Lipinski definition) is 2. The Kier molecular flexibility index (Phi) is 25.2. The van der Waals surface area contributed by atoms with Crippen LogP contribution in [-0.2, 0) is 5.41 Å². The van der Waals surface area contributed by atoms with E-state index in [4.69, 9.17) is 11.6 Å². The van der Waals surface area contributed by atoms with Crippen molar-refractivity contribution in [1.82, 2.24) is 0 Å². The molecule has 0 unspecified atom stereocenters. The van der Waals surface area contributed by atoms with Crippen LogP contribution < -0.4 is 5.46 Å². The summed E-state index contributed by atoms with van der Waals surface area (Å²) >= 11 is 6.70. The van der Waals surface area contributed by atoms with Gasteiger partial charge < -0.3 is 10.0 Å². The Hall–Kier alpha value is -1.29. The third-order valence-corrected chi connectivity index (χ3v) is 12.8. The molecule has 0 aromatic heterocycles. The molecule has 0 radical (unpaired) electrons. The second-order valence-electron chi connectivity index (χ2n) is 17.1. The predicted molar refractivity (Wildman–Crippen MR) is 236 cm³/mol. The third kappa shape index (κ3) is 17.6. The smallest absolute Gasteiger partial charge is 0.423 e. The van der Waals surface area contributed by atoms with E-state index in [1.807, 2.05) is 12.1 Å². The number of benzene rings is 2. The molecule has 4 heteroatoms. The second kappa shape index (κ2) is 29.0. The van der Waals surface area contributed by atoms with Gasteiger partial charge in [-0.1, -0.05) is 255 Å². The first kappa shape index (κ1) is 46.1. The maximum atomic E-state index is 10.2. The zero-order valence-electron chi connectivity index (χ0n) is 34.9. The van der Waals surface area contributed by atoms with E-state index in [9.17, 15) is 10.0 Å². The molecule has 3 rings (SSSR count). The van der Waals surface area contributed by atoms with Crippen LogP contribution >= 0.6 is 11.6 Å². The lowest BCUT2D eigenvalue weighted by atomic mass is 9.68. The summed E-state index contributed by atoms with van der Waals surface area (Å²) in [6.45, 7) is 4.59. The Bertz CT molecular complexity index is 1160.